The molecule has 2 nitrogen and oxygen atoms in total. The molecule has 0 aliphatic heterocycles. The number of hydrogen-bond donors (Lipinski definition) is 2. The van der Waals surface area contributed by atoms with Gasteiger partial charge in [-0.1, -0.05) is 24.3 Å². The fraction of sp³-hybridized carbons (Fsp3) is 0.467. The van der Waals surface area contributed by atoms with Gasteiger partial charge in [0.1, 0.15) is 0 Å². The van der Waals surface area contributed by atoms with Crippen molar-refractivity contribution >= 4 is 0 Å². The standard InChI is InChI=1S/C15H20N2/c1-2-3-11-15(17-16)14-10-6-8-12-7-4-5-9-13(12)14/h4-5,7,9,14-15,17H,6,8,10-11,16H2,1H3. The number of benzene rings is 1. The van der Waals surface area contributed by atoms with Crippen molar-refractivity contribution in [2.24, 2.45) is 5.84 Å². The van der Waals surface area contributed by atoms with E-state index in [4.69, 9.17) is 5.84 Å². The highest BCUT2D eigenvalue weighted by atomic mass is 15.2. The Morgan fingerprint density at radius 3 is 3.06 bits per heavy atom. The van der Waals surface area contributed by atoms with Gasteiger partial charge in [0.2, 0.25) is 0 Å². The highest BCUT2D eigenvalue weighted by Gasteiger charge is 2.26. The van der Waals surface area contributed by atoms with Crippen LogP contribution in [0.25, 0.3) is 0 Å². The number of rotatable bonds is 3. The Hall–Kier alpha value is -1.30. The van der Waals surface area contributed by atoms with Gasteiger partial charge in [-0.25, -0.2) is 0 Å². The van der Waals surface area contributed by atoms with Crippen LogP contribution in [0.4, 0.5) is 0 Å². The van der Waals surface area contributed by atoms with E-state index in [1.165, 1.54) is 30.4 Å². The Kier molecular flexibility index (Phi) is 4.19. The summed E-state index contributed by atoms with van der Waals surface area (Å²) in [7, 11) is 0. The maximum absolute atomic E-state index is 5.68. The van der Waals surface area contributed by atoms with Crippen molar-refractivity contribution < 1.29 is 0 Å². The van der Waals surface area contributed by atoms with Crippen LogP contribution in [0.5, 0.6) is 0 Å². The second kappa shape index (κ2) is 5.86. The number of fused-ring (bicyclic) bond motifs is 1. The largest absolute Gasteiger partial charge is 0.271 e. The van der Waals surface area contributed by atoms with Crippen LogP contribution in [0.1, 0.15) is 43.2 Å². The lowest BCUT2D eigenvalue weighted by atomic mass is 9.78. The molecule has 2 unspecified atom stereocenters. The molecule has 0 saturated carbocycles. The van der Waals surface area contributed by atoms with Gasteiger partial charge >= 0.3 is 0 Å². The number of nitrogens with two attached hydrogens (primary N) is 1. The van der Waals surface area contributed by atoms with Gasteiger partial charge in [0, 0.05) is 18.4 Å². The molecule has 0 spiro atoms. The van der Waals surface area contributed by atoms with E-state index in [9.17, 15) is 0 Å². The monoisotopic (exact) mass is 228 g/mol. The molecule has 1 aromatic rings. The average molecular weight is 228 g/mol. The lowest BCUT2D eigenvalue weighted by Crippen LogP contribution is -2.40. The molecule has 90 valence electrons. The summed E-state index contributed by atoms with van der Waals surface area (Å²) in [6.07, 6.45) is 4.48. The van der Waals surface area contributed by atoms with E-state index in [1.54, 1.807) is 0 Å². The molecule has 0 amide bonds. The first-order valence-corrected chi connectivity index (χ1v) is 6.30. The molecule has 2 atom stereocenters. The molecule has 0 radical (unpaired) electrons. The third-order valence-corrected chi connectivity index (χ3v) is 3.61. The maximum atomic E-state index is 5.68. The Labute approximate surface area is 104 Å². The number of hydrazine groups is 1. The van der Waals surface area contributed by atoms with Crippen LogP contribution in [-0.4, -0.2) is 6.04 Å². The van der Waals surface area contributed by atoms with Crippen LogP contribution < -0.4 is 11.3 Å². The van der Waals surface area contributed by atoms with Crippen molar-refractivity contribution in [1.82, 2.24) is 5.43 Å². The molecule has 1 aromatic carbocycles. The van der Waals surface area contributed by atoms with Crippen molar-refractivity contribution in [1.29, 1.82) is 0 Å². The molecule has 0 heterocycles. The third kappa shape index (κ3) is 2.69. The first-order chi connectivity index (χ1) is 8.36. The van der Waals surface area contributed by atoms with Gasteiger partial charge in [0.15, 0.2) is 0 Å². The van der Waals surface area contributed by atoms with Crippen LogP contribution in [0.2, 0.25) is 0 Å². The van der Waals surface area contributed by atoms with Crippen molar-refractivity contribution in [3.8, 4) is 11.8 Å². The molecule has 17 heavy (non-hydrogen) atoms. The van der Waals surface area contributed by atoms with Gasteiger partial charge in [-0.05, 0) is 37.3 Å². The molecule has 2 heteroatoms. The number of aryl methyl sites for hydroxylation is 1. The Morgan fingerprint density at radius 2 is 2.29 bits per heavy atom. The van der Waals surface area contributed by atoms with E-state index in [0.29, 0.717) is 5.92 Å². The summed E-state index contributed by atoms with van der Waals surface area (Å²) in [6.45, 7) is 1.88. The van der Waals surface area contributed by atoms with E-state index in [2.05, 4.69) is 41.5 Å². The van der Waals surface area contributed by atoms with Gasteiger partial charge < -0.3 is 0 Å². The van der Waals surface area contributed by atoms with Crippen molar-refractivity contribution in [2.75, 3.05) is 0 Å². The normalized spacial score (nSPS) is 20.0. The molecular weight excluding hydrogens is 208 g/mol. The number of hydrogen-bond acceptors (Lipinski definition) is 2. The molecule has 2 rings (SSSR count). The smallest absolute Gasteiger partial charge is 0.0388 e. The van der Waals surface area contributed by atoms with Gasteiger partial charge in [-0.2, -0.15) is 0 Å². The lowest BCUT2D eigenvalue weighted by Gasteiger charge is -2.31. The highest BCUT2D eigenvalue weighted by Crippen LogP contribution is 2.34. The minimum Gasteiger partial charge on any atom is -0.271 e. The molecule has 1 aliphatic carbocycles. The van der Waals surface area contributed by atoms with E-state index in [0.717, 1.165) is 6.42 Å². The fourth-order valence-corrected chi connectivity index (χ4v) is 2.74. The topological polar surface area (TPSA) is 38.0 Å². The first-order valence-electron chi connectivity index (χ1n) is 6.30. The minimum absolute atomic E-state index is 0.268. The Bertz CT molecular complexity index is 428. The predicted molar refractivity (Wildman–Crippen MR) is 71.3 cm³/mol. The van der Waals surface area contributed by atoms with Crippen LogP contribution in [0.3, 0.4) is 0 Å². The average Bonchev–Trinajstić information content (AvgIpc) is 2.40. The summed E-state index contributed by atoms with van der Waals surface area (Å²) in [5.41, 5.74) is 5.88. The summed E-state index contributed by atoms with van der Waals surface area (Å²) in [5, 5.41) is 0. The number of nitrogens with one attached hydrogen (secondary N) is 1. The van der Waals surface area contributed by atoms with Crippen molar-refractivity contribution in [2.45, 2.75) is 44.6 Å². The molecule has 0 fully saturated rings. The van der Waals surface area contributed by atoms with Gasteiger partial charge in [-0.15, -0.1) is 11.8 Å². The molecule has 1 aliphatic rings. The second-order valence-electron chi connectivity index (χ2n) is 4.60. The van der Waals surface area contributed by atoms with Gasteiger partial charge in [0.25, 0.3) is 0 Å². The van der Waals surface area contributed by atoms with E-state index in [-0.39, 0.29) is 6.04 Å². The van der Waals surface area contributed by atoms with Gasteiger partial charge in [-0.3, -0.25) is 11.3 Å². The first kappa shape index (κ1) is 12.2. The SMILES string of the molecule is CC#CCC(NN)C1CCCc2ccccc21. The second-order valence-corrected chi connectivity index (χ2v) is 4.60. The predicted octanol–water partition coefficient (Wildman–Crippen LogP) is 2.35. The quantitative estimate of drug-likeness (QED) is 0.473. The molecule has 0 aromatic heterocycles. The summed E-state index contributed by atoms with van der Waals surface area (Å²) >= 11 is 0. The van der Waals surface area contributed by atoms with Crippen LogP contribution in [0.15, 0.2) is 24.3 Å². The van der Waals surface area contributed by atoms with Crippen molar-refractivity contribution in [3.63, 3.8) is 0 Å². The fourth-order valence-electron chi connectivity index (χ4n) is 2.74. The van der Waals surface area contributed by atoms with Crippen LogP contribution in [0, 0.1) is 11.8 Å². The van der Waals surface area contributed by atoms with E-state index < -0.39 is 0 Å². The molecule has 3 N–H and O–H groups in total. The summed E-state index contributed by atoms with van der Waals surface area (Å²) < 4.78 is 0. The summed E-state index contributed by atoms with van der Waals surface area (Å²) in [4.78, 5) is 0. The zero-order valence-electron chi connectivity index (χ0n) is 10.4. The van der Waals surface area contributed by atoms with Crippen LogP contribution >= 0.6 is 0 Å². The molecule has 0 saturated heterocycles. The zero-order valence-corrected chi connectivity index (χ0v) is 10.4. The minimum atomic E-state index is 0.268. The zero-order chi connectivity index (χ0) is 12.1. The summed E-state index contributed by atoms with van der Waals surface area (Å²) in [6, 6.07) is 8.99. The maximum Gasteiger partial charge on any atom is 0.0388 e. The Balaban J connectivity index is 2.23. The lowest BCUT2D eigenvalue weighted by molar-refractivity contribution is 0.403. The molecular formula is C15H20N2. The van der Waals surface area contributed by atoms with E-state index in [1.807, 2.05) is 6.92 Å². The van der Waals surface area contributed by atoms with Crippen molar-refractivity contribution in [3.05, 3.63) is 35.4 Å². The third-order valence-electron chi connectivity index (χ3n) is 3.61. The highest BCUT2D eigenvalue weighted by molar-refractivity contribution is 5.34. The Morgan fingerprint density at radius 1 is 1.47 bits per heavy atom. The summed E-state index contributed by atoms with van der Waals surface area (Å²) in [5.74, 6) is 12.3. The van der Waals surface area contributed by atoms with E-state index >= 15 is 0 Å². The molecule has 0 bridgehead atoms. The van der Waals surface area contributed by atoms with Crippen LogP contribution in [-0.2, 0) is 6.42 Å². The van der Waals surface area contributed by atoms with Gasteiger partial charge in [0.05, 0.1) is 0 Å².